The van der Waals surface area contributed by atoms with Crippen LogP contribution in [0, 0.1) is 11.6 Å². The van der Waals surface area contributed by atoms with Gasteiger partial charge in [0.1, 0.15) is 11.5 Å². The number of rotatable bonds is 5. The van der Waals surface area contributed by atoms with Crippen LogP contribution >= 0.6 is 11.0 Å². The molecule has 3 N–H and O–H groups in total. The molecule has 8 heteroatoms. The van der Waals surface area contributed by atoms with Crippen LogP contribution in [0.25, 0.3) is 0 Å². The van der Waals surface area contributed by atoms with Gasteiger partial charge in [-0.1, -0.05) is 24.3 Å². The zero-order valence-corrected chi connectivity index (χ0v) is 14.4. The van der Waals surface area contributed by atoms with Crippen molar-refractivity contribution in [1.82, 2.24) is 5.32 Å². The SMILES string of the molecule is CNCC=CCN1c2ccccc2N(c2ccc(F)cc2F)S1(O)O. The maximum Gasteiger partial charge on any atom is 0.151 e. The molecule has 0 amide bonds. The highest BCUT2D eigenvalue weighted by molar-refractivity contribution is 8.27. The topological polar surface area (TPSA) is 59.0 Å². The van der Waals surface area contributed by atoms with E-state index in [0.717, 1.165) is 16.4 Å². The highest BCUT2D eigenvalue weighted by Gasteiger charge is 2.42. The first-order valence-corrected chi connectivity index (χ1v) is 9.12. The van der Waals surface area contributed by atoms with Crippen LogP contribution in [0.15, 0.2) is 54.6 Å². The average molecular weight is 367 g/mol. The number of likely N-dealkylation sites (N-methyl/N-ethyl adjacent to an activating group) is 1. The number of fused-ring (bicyclic) bond motifs is 1. The monoisotopic (exact) mass is 367 g/mol. The Bertz CT molecular complexity index is 801. The standard InChI is InChI=1S/C17H19F2N3O2S/c1-20-10-4-5-11-21-16-6-2-3-7-17(16)22(25(21,23)24)15-9-8-13(18)12-14(15)19/h2-9,12,20,23-24H,10-11H2,1H3. The van der Waals surface area contributed by atoms with Crippen LogP contribution in [0.5, 0.6) is 0 Å². The fourth-order valence-corrected chi connectivity index (χ4v) is 4.42. The molecule has 1 aliphatic rings. The molecule has 0 fully saturated rings. The summed E-state index contributed by atoms with van der Waals surface area (Å²) in [5.41, 5.74) is 0.936. The molecule has 0 saturated heterocycles. The number of halogens is 2. The van der Waals surface area contributed by atoms with Gasteiger partial charge in [-0.25, -0.2) is 17.4 Å². The normalized spacial score (nSPS) is 17.2. The lowest BCUT2D eigenvalue weighted by atomic mass is 10.2. The van der Waals surface area contributed by atoms with Crippen molar-refractivity contribution in [3.63, 3.8) is 0 Å². The third kappa shape index (κ3) is 3.21. The van der Waals surface area contributed by atoms with Gasteiger partial charge in [0.2, 0.25) is 0 Å². The maximum absolute atomic E-state index is 14.3. The van der Waals surface area contributed by atoms with Crippen molar-refractivity contribution in [2.45, 2.75) is 0 Å². The minimum absolute atomic E-state index is 0.0874. The van der Waals surface area contributed by atoms with Gasteiger partial charge < -0.3 is 5.32 Å². The van der Waals surface area contributed by atoms with Crippen LogP contribution in [0.3, 0.4) is 0 Å². The highest BCUT2D eigenvalue weighted by atomic mass is 32.3. The van der Waals surface area contributed by atoms with E-state index in [1.807, 2.05) is 13.1 Å². The number of benzene rings is 2. The fraction of sp³-hybridized carbons (Fsp3) is 0.176. The van der Waals surface area contributed by atoms with Crippen LogP contribution in [0.2, 0.25) is 0 Å². The Morgan fingerprint density at radius 2 is 1.76 bits per heavy atom. The zero-order valence-electron chi connectivity index (χ0n) is 13.6. The second kappa shape index (κ2) is 7.01. The molecular formula is C17H19F2N3O2S. The summed E-state index contributed by atoms with van der Waals surface area (Å²) in [4.78, 5) is 0. The van der Waals surface area contributed by atoms with Crippen molar-refractivity contribution in [3.8, 4) is 0 Å². The van der Waals surface area contributed by atoms with Gasteiger partial charge in [0.25, 0.3) is 0 Å². The molecule has 0 atom stereocenters. The van der Waals surface area contributed by atoms with Crippen LogP contribution in [0.1, 0.15) is 0 Å². The Balaban J connectivity index is 2.04. The molecule has 0 saturated carbocycles. The predicted molar refractivity (Wildman–Crippen MR) is 98.2 cm³/mol. The lowest BCUT2D eigenvalue weighted by molar-refractivity contribution is 0.485. The summed E-state index contributed by atoms with van der Waals surface area (Å²) in [7, 11) is -1.72. The summed E-state index contributed by atoms with van der Waals surface area (Å²) in [6.07, 6.45) is 3.66. The largest absolute Gasteiger partial charge is 0.316 e. The smallest absolute Gasteiger partial charge is 0.151 e. The van der Waals surface area contributed by atoms with E-state index in [9.17, 15) is 17.9 Å². The number of anilines is 3. The molecule has 0 radical (unpaired) electrons. The Labute approximate surface area is 146 Å². The van der Waals surface area contributed by atoms with Gasteiger partial charge in [-0.2, -0.15) is 0 Å². The second-order valence-electron chi connectivity index (χ2n) is 5.46. The summed E-state index contributed by atoms with van der Waals surface area (Å²) >= 11 is 0. The van der Waals surface area contributed by atoms with Gasteiger partial charge >= 0.3 is 0 Å². The van der Waals surface area contributed by atoms with Gasteiger partial charge in [-0.15, -0.1) is 0 Å². The number of para-hydroxylation sites is 2. The molecule has 0 aliphatic carbocycles. The van der Waals surface area contributed by atoms with E-state index in [0.29, 0.717) is 17.9 Å². The number of nitrogens with zero attached hydrogens (tertiary/aromatic N) is 2. The van der Waals surface area contributed by atoms with Gasteiger partial charge in [0.05, 0.1) is 17.9 Å². The molecule has 0 bridgehead atoms. The summed E-state index contributed by atoms with van der Waals surface area (Å²) in [5.74, 6) is -1.58. The van der Waals surface area contributed by atoms with Crippen LogP contribution in [-0.2, 0) is 0 Å². The van der Waals surface area contributed by atoms with E-state index in [-0.39, 0.29) is 12.2 Å². The minimum Gasteiger partial charge on any atom is -0.316 e. The van der Waals surface area contributed by atoms with E-state index >= 15 is 0 Å². The third-order valence-corrected chi connectivity index (χ3v) is 5.62. The minimum atomic E-state index is -3.53. The van der Waals surface area contributed by atoms with Gasteiger partial charge in [0.15, 0.2) is 5.82 Å². The van der Waals surface area contributed by atoms with Gasteiger partial charge in [-0.05, 0) is 42.3 Å². The summed E-state index contributed by atoms with van der Waals surface area (Å²) in [5, 5.41) is 2.96. The van der Waals surface area contributed by atoms with Crippen molar-refractivity contribution in [3.05, 3.63) is 66.3 Å². The summed E-state index contributed by atoms with van der Waals surface area (Å²) in [6, 6.07) is 9.91. The number of hydrogen-bond acceptors (Lipinski definition) is 5. The molecule has 0 aromatic heterocycles. The number of nitrogens with one attached hydrogen (secondary N) is 1. The summed E-state index contributed by atoms with van der Waals surface area (Å²) < 4.78 is 51.7. The molecule has 5 nitrogen and oxygen atoms in total. The maximum atomic E-state index is 14.3. The van der Waals surface area contributed by atoms with Gasteiger partial charge in [0, 0.05) is 12.6 Å². The molecule has 2 aromatic rings. The Morgan fingerprint density at radius 3 is 2.44 bits per heavy atom. The van der Waals surface area contributed by atoms with E-state index in [4.69, 9.17) is 0 Å². The van der Waals surface area contributed by atoms with Gasteiger partial charge in [-0.3, -0.25) is 9.11 Å². The molecule has 134 valence electrons. The molecule has 0 unspecified atom stereocenters. The van der Waals surface area contributed by atoms with E-state index in [2.05, 4.69) is 5.32 Å². The number of hydrogen-bond donors (Lipinski definition) is 3. The predicted octanol–water partition coefficient (Wildman–Crippen LogP) is 4.28. The average Bonchev–Trinajstić information content (AvgIpc) is 2.79. The Kier molecular flexibility index (Phi) is 4.96. The summed E-state index contributed by atoms with van der Waals surface area (Å²) in [6.45, 7) is 0.880. The van der Waals surface area contributed by atoms with Crippen molar-refractivity contribution in [2.75, 3.05) is 28.7 Å². The van der Waals surface area contributed by atoms with Crippen molar-refractivity contribution < 1.29 is 17.9 Å². The lowest BCUT2D eigenvalue weighted by Gasteiger charge is -2.43. The van der Waals surface area contributed by atoms with Crippen LogP contribution < -0.4 is 13.9 Å². The van der Waals surface area contributed by atoms with Crippen molar-refractivity contribution in [1.29, 1.82) is 0 Å². The molecule has 0 spiro atoms. The zero-order chi connectivity index (χ0) is 18.0. The first-order chi connectivity index (χ1) is 12.0. The van der Waals surface area contributed by atoms with E-state index in [1.165, 1.54) is 10.4 Å². The molecule has 25 heavy (non-hydrogen) atoms. The molecule has 1 aliphatic heterocycles. The molecule has 1 heterocycles. The third-order valence-electron chi connectivity index (χ3n) is 3.80. The molecule has 2 aromatic carbocycles. The van der Waals surface area contributed by atoms with Crippen LogP contribution in [0.4, 0.5) is 25.8 Å². The molecular weight excluding hydrogens is 348 g/mol. The van der Waals surface area contributed by atoms with E-state index in [1.54, 1.807) is 30.3 Å². The molecule has 3 rings (SSSR count). The Hall–Kier alpha value is -2.13. The lowest BCUT2D eigenvalue weighted by Crippen LogP contribution is -2.31. The Morgan fingerprint density at radius 1 is 1.04 bits per heavy atom. The second-order valence-corrected chi connectivity index (χ2v) is 7.24. The highest BCUT2D eigenvalue weighted by Crippen LogP contribution is 2.64. The quantitative estimate of drug-likeness (QED) is 0.689. The first kappa shape index (κ1) is 17.7. The van der Waals surface area contributed by atoms with Crippen LogP contribution in [-0.4, -0.2) is 29.2 Å². The van der Waals surface area contributed by atoms with Crippen molar-refractivity contribution in [2.24, 2.45) is 0 Å². The fourth-order valence-electron chi connectivity index (χ4n) is 2.69. The first-order valence-electron chi connectivity index (χ1n) is 7.66. The van der Waals surface area contributed by atoms with Crippen molar-refractivity contribution >= 4 is 28.0 Å². The van der Waals surface area contributed by atoms with E-state index < -0.39 is 22.6 Å².